The zero-order valence-electron chi connectivity index (χ0n) is 15.5. The number of hydrogen-bond donors (Lipinski definition) is 1. The fourth-order valence-corrected chi connectivity index (χ4v) is 4.15. The van der Waals surface area contributed by atoms with E-state index >= 15 is 0 Å². The number of carbonyl (C=O) groups is 2. The number of dihydropyridines is 1. The monoisotopic (exact) mass is 418 g/mol. The Hall–Kier alpha value is -1.95. The molecule has 26 heavy (non-hydrogen) atoms. The Kier molecular flexibility index (Phi) is 5.06. The molecule has 138 valence electrons. The van der Waals surface area contributed by atoms with Gasteiger partial charge in [0.15, 0.2) is 5.78 Å². The summed E-state index contributed by atoms with van der Waals surface area (Å²) in [6.07, 6.45) is 1.21. The summed E-state index contributed by atoms with van der Waals surface area (Å²) in [5.41, 5.74) is 3.28. The molecule has 1 aromatic rings. The predicted octanol–water partition coefficient (Wildman–Crippen LogP) is 4.01. The zero-order valence-corrected chi connectivity index (χ0v) is 17.1. The molecule has 0 saturated carbocycles. The highest BCUT2D eigenvalue weighted by molar-refractivity contribution is 9.10. The largest absolute Gasteiger partial charge is 0.463 e. The van der Waals surface area contributed by atoms with Gasteiger partial charge in [0, 0.05) is 23.4 Å². The average molecular weight is 419 g/mol. The first-order valence-corrected chi connectivity index (χ1v) is 9.56. The van der Waals surface area contributed by atoms with Gasteiger partial charge in [-0.2, -0.15) is 0 Å². The highest BCUT2D eigenvalue weighted by Gasteiger charge is 2.43. The lowest BCUT2D eigenvalue weighted by Gasteiger charge is -2.39. The van der Waals surface area contributed by atoms with E-state index < -0.39 is 11.9 Å². The number of halogens is 1. The summed E-state index contributed by atoms with van der Waals surface area (Å²) < 4.78 is 5.95. The van der Waals surface area contributed by atoms with Crippen LogP contribution in [0.2, 0.25) is 0 Å². The van der Waals surface area contributed by atoms with Crippen LogP contribution in [0.1, 0.15) is 52.1 Å². The van der Waals surface area contributed by atoms with Gasteiger partial charge in [0.1, 0.15) is 4.60 Å². The molecule has 0 amide bonds. The highest BCUT2D eigenvalue weighted by atomic mass is 79.9. The summed E-state index contributed by atoms with van der Waals surface area (Å²) in [4.78, 5) is 30.3. The molecule has 0 saturated heterocycles. The van der Waals surface area contributed by atoms with Crippen molar-refractivity contribution in [1.82, 2.24) is 10.3 Å². The van der Waals surface area contributed by atoms with Gasteiger partial charge < -0.3 is 10.1 Å². The number of ether oxygens (including phenoxy) is 1. The molecule has 6 heteroatoms. The second-order valence-electron chi connectivity index (χ2n) is 7.54. The van der Waals surface area contributed by atoms with Crippen LogP contribution in [-0.4, -0.2) is 23.3 Å². The lowest BCUT2D eigenvalue weighted by atomic mass is 9.69. The molecule has 1 aromatic heterocycles. The Balaban J connectivity index is 2.18. The normalized spacial score (nSPS) is 22.0. The molecule has 0 radical (unpaired) electrons. The number of esters is 1. The second-order valence-corrected chi connectivity index (χ2v) is 8.35. The molecular weight excluding hydrogens is 396 g/mol. The average Bonchev–Trinajstić information content (AvgIpc) is 2.52. The number of pyridine rings is 1. The summed E-state index contributed by atoms with van der Waals surface area (Å²) in [5.74, 6) is -0.857. The number of aromatic nitrogens is 1. The molecule has 1 atom stereocenters. The van der Waals surface area contributed by atoms with E-state index in [2.05, 4.69) is 40.1 Å². The van der Waals surface area contributed by atoms with E-state index in [0.29, 0.717) is 27.9 Å². The first-order chi connectivity index (χ1) is 12.2. The van der Waals surface area contributed by atoms with Gasteiger partial charge in [-0.1, -0.05) is 19.9 Å². The number of nitrogens with one attached hydrogen (secondary N) is 1. The van der Waals surface area contributed by atoms with Gasteiger partial charge in [0.05, 0.1) is 23.8 Å². The molecular formula is C20H23BrN2O3. The molecule has 0 bridgehead atoms. The maximum Gasteiger partial charge on any atom is 0.336 e. The van der Waals surface area contributed by atoms with Crippen molar-refractivity contribution in [3.8, 4) is 0 Å². The molecule has 0 aromatic carbocycles. The van der Waals surface area contributed by atoms with Crippen molar-refractivity contribution < 1.29 is 14.3 Å². The first-order valence-electron chi connectivity index (χ1n) is 8.77. The zero-order chi connectivity index (χ0) is 19.1. The number of hydrogen-bond acceptors (Lipinski definition) is 5. The van der Waals surface area contributed by atoms with E-state index in [1.807, 2.05) is 25.1 Å². The fourth-order valence-electron chi connectivity index (χ4n) is 3.80. The van der Waals surface area contributed by atoms with Crippen molar-refractivity contribution in [1.29, 1.82) is 0 Å². The minimum Gasteiger partial charge on any atom is -0.463 e. The quantitative estimate of drug-likeness (QED) is 0.592. The maximum atomic E-state index is 13.0. The van der Waals surface area contributed by atoms with Gasteiger partial charge in [-0.3, -0.25) is 4.79 Å². The minimum atomic E-state index is -0.508. The Morgan fingerprint density at radius 3 is 2.77 bits per heavy atom. The molecule has 2 aliphatic rings. The van der Waals surface area contributed by atoms with Crippen molar-refractivity contribution in [2.45, 2.75) is 46.5 Å². The Bertz CT molecular complexity index is 839. The van der Waals surface area contributed by atoms with Crippen molar-refractivity contribution in [3.63, 3.8) is 0 Å². The Labute approximate surface area is 162 Å². The van der Waals surface area contributed by atoms with E-state index in [0.717, 1.165) is 17.8 Å². The second kappa shape index (κ2) is 6.99. The molecule has 1 aliphatic carbocycles. The third-order valence-corrected chi connectivity index (χ3v) is 5.21. The molecule has 5 nitrogen and oxygen atoms in total. The maximum absolute atomic E-state index is 13.0. The van der Waals surface area contributed by atoms with E-state index in [9.17, 15) is 9.59 Å². The summed E-state index contributed by atoms with van der Waals surface area (Å²) in [6, 6.07) is 5.54. The summed E-state index contributed by atoms with van der Waals surface area (Å²) in [5, 5.41) is 3.31. The van der Waals surface area contributed by atoms with Crippen LogP contribution < -0.4 is 5.32 Å². The third-order valence-electron chi connectivity index (χ3n) is 4.77. The van der Waals surface area contributed by atoms with Crippen molar-refractivity contribution in [3.05, 3.63) is 51.0 Å². The van der Waals surface area contributed by atoms with Gasteiger partial charge >= 0.3 is 5.97 Å². The van der Waals surface area contributed by atoms with E-state index in [-0.39, 0.29) is 17.8 Å². The van der Waals surface area contributed by atoms with Crippen molar-refractivity contribution in [2.24, 2.45) is 5.41 Å². The van der Waals surface area contributed by atoms with Crippen molar-refractivity contribution in [2.75, 3.05) is 6.61 Å². The predicted molar refractivity (Wildman–Crippen MR) is 102 cm³/mol. The summed E-state index contributed by atoms with van der Waals surface area (Å²) in [7, 11) is 0. The van der Waals surface area contributed by atoms with Crippen LogP contribution in [0.25, 0.3) is 0 Å². The van der Waals surface area contributed by atoms with Crippen LogP contribution in [0.15, 0.2) is 45.3 Å². The molecule has 1 N–H and O–H groups in total. The lowest BCUT2D eigenvalue weighted by Crippen LogP contribution is -2.39. The van der Waals surface area contributed by atoms with Crippen LogP contribution in [0.4, 0.5) is 0 Å². The standard InChI is InChI=1S/C20H23BrN2O3/c1-5-26-19(25)16-11(2)22-13-9-20(3,4)10-14(24)17(13)18(16)12-7-6-8-15(21)23-12/h6-8,18,22H,5,9-10H2,1-4H3. The number of allylic oxidation sites excluding steroid dienone is 3. The number of carbonyl (C=O) groups excluding carboxylic acids is 2. The van der Waals surface area contributed by atoms with Gasteiger partial charge in [-0.15, -0.1) is 0 Å². The van der Waals surface area contributed by atoms with Crippen molar-refractivity contribution >= 4 is 27.7 Å². The van der Waals surface area contributed by atoms with Gasteiger partial charge in [0.2, 0.25) is 0 Å². The third kappa shape index (κ3) is 3.47. The molecule has 2 heterocycles. The van der Waals surface area contributed by atoms with Crippen LogP contribution in [0.5, 0.6) is 0 Å². The minimum absolute atomic E-state index is 0.0600. The van der Waals surface area contributed by atoms with E-state index in [4.69, 9.17) is 4.74 Å². The van der Waals surface area contributed by atoms with Gasteiger partial charge in [0.25, 0.3) is 0 Å². The molecule has 0 spiro atoms. The first kappa shape index (κ1) is 18.8. The summed E-state index contributed by atoms with van der Waals surface area (Å²) in [6.45, 7) is 8.08. The molecule has 1 unspecified atom stereocenters. The van der Waals surface area contributed by atoms with Crippen LogP contribution in [0, 0.1) is 5.41 Å². The Morgan fingerprint density at radius 2 is 2.12 bits per heavy atom. The van der Waals surface area contributed by atoms with Crippen LogP contribution in [-0.2, 0) is 14.3 Å². The van der Waals surface area contributed by atoms with Crippen LogP contribution >= 0.6 is 15.9 Å². The topological polar surface area (TPSA) is 68.3 Å². The Morgan fingerprint density at radius 1 is 1.38 bits per heavy atom. The number of Topliss-reactive ketones (excluding diaryl/α,β-unsaturated/α-hetero) is 1. The van der Waals surface area contributed by atoms with E-state index in [1.54, 1.807) is 6.92 Å². The summed E-state index contributed by atoms with van der Waals surface area (Å²) >= 11 is 3.39. The smallest absolute Gasteiger partial charge is 0.336 e. The SMILES string of the molecule is CCOC(=O)C1=C(C)NC2=C(C(=O)CC(C)(C)C2)C1c1cccc(Br)n1. The lowest BCUT2D eigenvalue weighted by molar-refractivity contribution is -0.138. The highest BCUT2D eigenvalue weighted by Crippen LogP contribution is 2.46. The molecule has 1 aliphatic heterocycles. The molecule has 0 fully saturated rings. The number of rotatable bonds is 3. The van der Waals surface area contributed by atoms with E-state index in [1.165, 1.54) is 0 Å². The fraction of sp³-hybridized carbons (Fsp3) is 0.450. The van der Waals surface area contributed by atoms with Gasteiger partial charge in [-0.25, -0.2) is 9.78 Å². The van der Waals surface area contributed by atoms with Crippen LogP contribution in [0.3, 0.4) is 0 Å². The van der Waals surface area contributed by atoms with Gasteiger partial charge in [-0.05, 0) is 53.7 Å². The molecule has 3 rings (SSSR count). The number of ketones is 1. The number of nitrogens with zero attached hydrogens (tertiary/aromatic N) is 1.